The Morgan fingerprint density at radius 2 is 1.75 bits per heavy atom. The number of nitrogens with zero attached hydrogens (tertiary/aromatic N) is 2. The number of morpholine rings is 1. The molecule has 1 aromatic carbocycles. The molecule has 0 saturated carbocycles. The van der Waals surface area contributed by atoms with Crippen molar-refractivity contribution in [2.75, 3.05) is 45.3 Å². The summed E-state index contributed by atoms with van der Waals surface area (Å²) in [6, 6.07) is 10.6. The van der Waals surface area contributed by atoms with Crippen molar-refractivity contribution in [2.24, 2.45) is 0 Å². The van der Waals surface area contributed by atoms with Crippen molar-refractivity contribution < 1.29 is 32.2 Å². The number of carbonyl (C=O) groups is 2. The number of ether oxygens (including phenoxy) is 3. The molecule has 1 atom stereocenters. The summed E-state index contributed by atoms with van der Waals surface area (Å²) in [5.74, 6) is -1.81. The first kappa shape index (κ1) is 24.0. The molecule has 11 heteroatoms. The third-order valence-corrected chi connectivity index (χ3v) is 6.95. The SMILES string of the molecule is N#CC1(NC(=O)[C@H](CS(=O)(=O)Cc2ccccc2)OC(=O)N2CCOCC2)CCOCC1. The third-order valence-electron chi connectivity index (χ3n) is 5.36. The molecule has 1 N–H and O–H groups in total. The number of benzene rings is 1. The highest BCUT2D eigenvalue weighted by atomic mass is 32.2. The van der Waals surface area contributed by atoms with Crippen LogP contribution in [0.5, 0.6) is 0 Å². The van der Waals surface area contributed by atoms with Crippen molar-refractivity contribution >= 4 is 21.8 Å². The fourth-order valence-corrected chi connectivity index (χ4v) is 5.02. The third kappa shape index (κ3) is 6.66. The maximum atomic E-state index is 13.0. The molecule has 0 radical (unpaired) electrons. The van der Waals surface area contributed by atoms with E-state index in [1.807, 2.05) is 0 Å². The normalized spacial score (nSPS) is 19.4. The van der Waals surface area contributed by atoms with Crippen LogP contribution in [0.1, 0.15) is 18.4 Å². The first-order valence-corrected chi connectivity index (χ1v) is 12.2. The van der Waals surface area contributed by atoms with Crippen molar-refractivity contribution in [2.45, 2.75) is 30.2 Å². The number of hydrogen-bond donors (Lipinski definition) is 1. The van der Waals surface area contributed by atoms with E-state index in [2.05, 4.69) is 11.4 Å². The Morgan fingerprint density at radius 3 is 2.38 bits per heavy atom. The lowest BCUT2D eigenvalue weighted by molar-refractivity contribution is -0.131. The number of hydrogen-bond acceptors (Lipinski definition) is 8. The second-order valence-corrected chi connectivity index (χ2v) is 9.92. The predicted octanol–water partition coefficient (Wildman–Crippen LogP) is 0.628. The quantitative estimate of drug-likeness (QED) is 0.619. The lowest BCUT2D eigenvalue weighted by Gasteiger charge is -2.33. The summed E-state index contributed by atoms with van der Waals surface area (Å²) in [4.78, 5) is 27.0. The van der Waals surface area contributed by atoms with Gasteiger partial charge in [-0.2, -0.15) is 5.26 Å². The maximum Gasteiger partial charge on any atom is 0.410 e. The second-order valence-electron chi connectivity index (χ2n) is 7.81. The highest BCUT2D eigenvalue weighted by Crippen LogP contribution is 2.21. The molecule has 2 fully saturated rings. The highest BCUT2D eigenvalue weighted by Gasteiger charge is 2.39. The largest absolute Gasteiger partial charge is 0.435 e. The lowest BCUT2D eigenvalue weighted by Crippen LogP contribution is -2.56. The minimum atomic E-state index is -3.81. The summed E-state index contributed by atoms with van der Waals surface area (Å²) < 4.78 is 41.5. The molecule has 0 aliphatic carbocycles. The molecule has 2 amide bonds. The van der Waals surface area contributed by atoms with E-state index < -0.39 is 39.2 Å². The van der Waals surface area contributed by atoms with Gasteiger partial charge in [-0.1, -0.05) is 30.3 Å². The first-order chi connectivity index (χ1) is 15.3. The molecule has 0 spiro atoms. The van der Waals surface area contributed by atoms with E-state index >= 15 is 0 Å². The van der Waals surface area contributed by atoms with Crippen molar-refractivity contribution in [3.8, 4) is 6.07 Å². The van der Waals surface area contributed by atoms with Crippen molar-refractivity contribution in [3.63, 3.8) is 0 Å². The average molecular weight is 466 g/mol. The van der Waals surface area contributed by atoms with Crippen LogP contribution in [0.4, 0.5) is 4.79 Å². The Hall–Kier alpha value is -2.68. The molecule has 2 saturated heterocycles. The Bertz CT molecular complexity index is 934. The Kier molecular flexibility index (Phi) is 8.06. The van der Waals surface area contributed by atoms with E-state index in [-0.39, 0.29) is 31.7 Å². The summed E-state index contributed by atoms with van der Waals surface area (Å²) in [5, 5.41) is 12.2. The highest BCUT2D eigenvalue weighted by molar-refractivity contribution is 7.90. The zero-order valence-corrected chi connectivity index (χ0v) is 18.5. The number of carbonyl (C=O) groups excluding carboxylic acids is 2. The van der Waals surface area contributed by atoms with Gasteiger partial charge < -0.3 is 24.4 Å². The second kappa shape index (κ2) is 10.8. The fourth-order valence-electron chi connectivity index (χ4n) is 3.52. The van der Waals surface area contributed by atoms with Gasteiger partial charge in [-0.3, -0.25) is 4.79 Å². The zero-order chi connectivity index (χ0) is 23.0. The van der Waals surface area contributed by atoms with E-state index in [0.29, 0.717) is 32.0 Å². The van der Waals surface area contributed by atoms with Crippen LogP contribution in [-0.2, 0) is 34.6 Å². The molecular formula is C21H27N3O7S. The van der Waals surface area contributed by atoms with Crippen molar-refractivity contribution in [1.82, 2.24) is 10.2 Å². The molecule has 174 valence electrons. The van der Waals surface area contributed by atoms with Gasteiger partial charge in [0.15, 0.2) is 15.9 Å². The van der Waals surface area contributed by atoms with Gasteiger partial charge in [0.2, 0.25) is 0 Å². The summed E-state index contributed by atoms with van der Waals surface area (Å²) in [6.07, 6.45) is -1.86. The Balaban J connectivity index is 1.75. The average Bonchev–Trinajstić information content (AvgIpc) is 2.80. The van der Waals surface area contributed by atoms with Crippen molar-refractivity contribution in [3.05, 3.63) is 35.9 Å². The van der Waals surface area contributed by atoms with Crippen LogP contribution in [0.3, 0.4) is 0 Å². The van der Waals surface area contributed by atoms with Gasteiger partial charge in [0, 0.05) is 39.1 Å². The lowest BCUT2D eigenvalue weighted by atomic mass is 9.91. The Morgan fingerprint density at radius 1 is 1.12 bits per heavy atom. The van der Waals surface area contributed by atoms with Crippen LogP contribution in [0.2, 0.25) is 0 Å². The van der Waals surface area contributed by atoms with Crippen LogP contribution in [-0.4, -0.2) is 82.2 Å². The summed E-state index contributed by atoms with van der Waals surface area (Å²) in [7, 11) is -3.81. The number of rotatable bonds is 7. The molecule has 10 nitrogen and oxygen atoms in total. The number of nitrogens with one attached hydrogen (secondary N) is 1. The smallest absolute Gasteiger partial charge is 0.410 e. The van der Waals surface area contributed by atoms with E-state index in [0.717, 1.165) is 0 Å². The molecule has 32 heavy (non-hydrogen) atoms. The van der Waals surface area contributed by atoms with Gasteiger partial charge in [-0.25, -0.2) is 13.2 Å². The standard InChI is InChI=1S/C21H27N3O7S/c22-16-21(6-10-29-11-7-21)23-19(25)18(31-20(26)24-8-12-30-13-9-24)15-32(27,28)14-17-4-2-1-3-5-17/h1-5,18H,6-15H2,(H,23,25)/t18-/m0/s1. The van der Waals surface area contributed by atoms with Gasteiger partial charge in [-0.15, -0.1) is 0 Å². The van der Waals surface area contributed by atoms with E-state index in [9.17, 15) is 23.3 Å². The van der Waals surface area contributed by atoms with Gasteiger partial charge in [0.1, 0.15) is 5.54 Å². The molecule has 0 bridgehead atoms. The molecule has 0 aromatic heterocycles. The first-order valence-electron chi connectivity index (χ1n) is 10.4. The molecule has 1 aromatic rings. The van der Waals surface area contributed by atoms with Gasteiger partial charge in [0.05, 0.1) is 30.8 Å². The van der Waals surface area contributed by atoms with Gasteiger partial charge in [-0.05, 0) is 5.56 Å². The van der Waals surface area contributed by atoms with Crippen LogP contribution in [0, 0.1) is 11.3 Å². The number of nitriles is 1. The van der Waals surface area contributed by atoms with E-state index in [4.69, 9.17) is 14.2 Å². The molecule has 2 aliphatic rings. The minimum absolute atomic E-state index is 0.260. The number of sulfone groups is 1. The van der Waals surface area contributed by atoms with Gasteiger partial charge in [0.25, 0.3) is 5.91 Å². The monoisotopic (exact) mass is 465 g/mol. The topological polar surface area (TPSA) is 135 Å². The van der Waals surface area contributed by atoms with Crippen LogP contribution >= 0.6 is 0 Å². The molecule has 3 rings (SSSR count). The van der Waals surface area contributed by atoms with E-state index in [1.54, 1.807) is 30.3 Å². The molecule has 2 aliphatic heterocycles. The zero-order valence-electron chi connectivity index (χ0n) is 17.7. The summed E-state index contributed by atoms with van der Waals surface area (Å²) in [5.41, 5.74) is -0.633. The molecule has 2 heterocycles. The maximum absolute atomic E-state index is 13.0. The summed E-state index contributed by atoms with van der Waals surface area (Å²) in [6.45, 7) is 1.80. The fraction of sp³-hybridized carbons (Fsp3) is 0.571. The van der Waals surface area contributed by atoms with E-state index in [1.165, 1.54) is 4.90 Å². The summed E-state index contributed by atoms with van der Waals surface area (Å²) >= 11 is 0. The van der Waals surface area contributed by atoms with Crippen LogP contribution in [0.25, 0.3) is 0 Å². The molecular weight excluding hydrogens is 438 g/mol. The predicted molar refractivity (Wildman–Crippen MR) is 113 cm³/mol. The minimum Gasteiger partial charge on any atom is -0.435 e. The number of amides is 2. The van der Waals surface area contributed by atoms with Gasteiger partial charge >= 0.3 is 6.09 Å². The van der Waals surface area contributed by atoms with Crippen molar-refractivity contribution in [1.29, 1.82) is 5.26 Å². The van der Waals surface area contributed by atoms with Crippen LogP contribution < -0.4 is 5.32 Å². The molecule has 0 unspecified atom stereocenters. The van der Waals surface area contributed by atoms with Crippen LogP contribution in [0.15, 0.2) is 30.3 Å². The Labute approximate surface area is 187 Å².